The summed E-state index contributed by atoms with van der Waals surface area (Å²) in [7, 11) is 0. The van der Waals surface area contributed by atoms with Gasteiger partial charge in [0.05, 0.1) is 0 Å². The average Bonchev–Trinajstić information content (AvgIpc) is 2.50. The van der Waals surface area contributed by atoms with Crippen molar-refractivity contribution in [3.05, 3.63) is 70.9 Å². The van der Waals surface area contributed by atoms with Crippen LogP contribution in [-0.4, -0.2) is 11.8 Å². The zero-order valence-electron chi connectivity index (χ0n) is 12.0. The lowest BCUT2D eigenvalue weighted by atomic mass is 10.1. The minimum atomic E-state index is -0.360. The number of Topliss-reactive ketones (excluding diaryl/α,β-unsaturated/α-hetero) is 1. The normalized spacial score (nSPS) is 10.5. The van der Waals surface area contributed by atoms with Crippen LogP contribution >= 0.6 is 11.6 Å². The van der Waals surface area contributed by atoms with E-state index in [1.165, 1.54) is 6.92 Å². The SMILES string of the molecule is CC(=O)c1ccc(NC(=O)N/C=C/c2ccc(Cl)cc2)cc1. The number of benzene rings is 2. The third kappa shape index (κ3) is 4.75. The number of amides is 2. The lowest BCUT2D eigenvalue weighted by molar-refractivity contribution is 0.101. The van der Waals surface area contributed by atoms with Crippen molar-refractivity contribution in [3.8, 4) is 0 Å². The molecule has 0 radical (unpaired) electrons. The van der Waals surface area contributed by atoms with Gasteiger partial charge in [-0.2, -0.15) is 0 Å². The standard InChI is InChI=1S/C17H15ClN2O2/c1-12(21)14-4-8-16(9-5-14)20-17(22)19-11-10-13-2-6-15(18)7-3-13/h2-11H,1H3,(H2,19,20,22)/b11-10+. The Balaban J connectivity index is 1.87. The van der Waals surface area contributed by atoms with Gasteiger partial charge in [0.1, 0.15) is 0 Å². The summed E-state index contributed by atoms with van der Waals surface area (Å²) in [6.07, 6.45) is 3.30. The van der Waals surface area contributed by atoms with E-state index in [4.69, 9.17) is 11.6 Å². The van der Waals surface area contributed by atoms with Gasteiger partial charge in [-0.05, 0) is 55.0 Å². The van der Waals surface area contributed by atoms with E-state index in [1.54, 1.807) is 48.7 Å². The Morgan fingerprint density at radius 2 is 1.64 bits per heavy atom. The molecule has 2 aromatic rings. The molecule has 0 fully saturated rings. The van der Waals surface area contributed by atoms with Crippen LogP contribution in [0, 0.1) is 0 Å². The molecular weight excluding hydrogens is 300 g/mol. The van der Waals surface area contributed by atoms with Gasteiger partial charge in [0, 0.05) is 22.5 Å². The third-order valence-corrected chi connectivity index (χ3v) is 3.16. The summed E-state index contributed by atoms with van der Waals surface area (Å²) in [5.41, 5.74) is 2.14. The summed E-state index contributed by atoms with van der Waals surface area (Å²) < 4.78 is 0. The first-order valence-corrected chi connectivity index (χ1v) is 7.03. The maximum absolute atomic E-state index is 11.7. The number of rotatable bonds is 4. The minimum Gasteiger partial charge on any atom is -0.314 e. The van der Waals surface area contributed by atoms with E-state index >= 15 is 0 Å². The molecule has 2 aromatic carbocycles. The van der Waals surface area contributed by atoms with Gasteiger partial charge >= 0.3 is 6.03 Å². The first-order chi connectivity index (χ1) is 10.5. The molecule has 2 rings (SSSR count). The van der Waals surface area contributed by atoms with E-state index in [2.05, 4.69) is 10.6 Å². The zero-order valence-corrected chi connectivity index (χ0v) is 12.7. The second-order valence-corrected chi connectivity index (χ2v) is 5.05. The highest BCUT2D eigenvalue weighted by Gasteiger charge is 2.01. The Morgan fingerprint density at radius 3 is 2.23 bits per heavy atom. The molecule has 0 atom stereocenters. The van der Waals surface area contributed by atoms with Crippen molar-refractivity contribution in [2.75, 3.05) is 5.32 Å². The smallest absolute Gasteiger partial charge is 0.314 e. The number of halogens is 1. The average molecular weight is 315 g/mol. The molecule has 0 aliphatic heterocycles. The van der Waals surface area contributed by atoms with Crippen molar-refractivity contribution in [1.82, 2.24) is 5.32 Å². The Bertz CT molecular complexity index is 692. The van der Waals surface area contributed by atoms with Crippen LogP contribution in [0.2, 0.25) is 5.02 Å². The maximum Gasteiger partial charge on any atom is 0.323 e. The first kappa shape index (κ1) is 15.8. The Hall–Kier alpha value is -2.59. The topological polar surface area (TPSA) is 58.2 Å². The molecule has 0 aromatic heterocycles. The quantitative estimate of drug-likeness (QED) is 0.825. The predicted octanol–water partition coefficient (Wildman–Crippen LogP) is 4.34. The Kier molecular flexibility index (Phi) is 5.33. The second kappa shape index (κ2) is 7.43. The molecule has 2 amide bonds. The number of ketones is 1. The van der Waals surface area contributed by atoms with Crippen molar-refractivity contribution in [1.29, 1.82) is 0 Å². The van der Waals surface area contributed by atoms with Crippen LogP contribution in [0.5, 0.6) is 0 Å². The van der Waals surface area contributed by atoms with Crippen LogP contribution < -0.4 is 10.6 Å². The van der Waals surface area contributed by atoms with E-state index in [-0.39, 0.29) is 11.8 Å². The summed E-state index contributed by atoms with van der Waals surface area (Å²) in [4.78, 5) is 22.9. The van der Waals surface area contributed by atoms with E-state index in [0.717, 1.165) is 5.56 Å². The molecule has 22 heavy (non-hydrogen) atoms. The third-order valence-electron chi connectivity index (χ3n) is 2.91. The number of carbonyl (C=O) groups excluding carboxylic acids is 2. The molecule has 0 bridgehead atoms. The second-order valence-electron chi connectivity index (χ2n) is 4.62. The Labute approximate surface area is 133 Å². The van der Waals surface area contributed by atoms with Crippen LogP contribution in [0.15, 0.2) is 54.7 Å². The molecule has 2 N–H and O–H groups in total. The van der Waals surface area contributed by atoms with Crippen molar-refractivity contribution < 1.29 is 9.59 Å². The van der Waals surface area contributed by atoms with Gasteiger partial charge in [-0.15, -0.1) is 0 Å². The lowest BCUT2D eigenvalue weighted by Crippen LogP contribution is -2.23. The highest BCUT2D eigenvalue weighted by atomic mass is 35.5. The summed E-state index contributed by atoms with van der Waals surface area (Å²) >= 11 is 5.79. The molecule has 0 aliphatic rings. The monoisotopic (exact) mass is 314 g/mol. The fourth-order valence-electron chi connectivity index (χ4n) is 1.74. The summed E-state index contributed by atoms with van der Waals surface area (Å²) in [6, 6.07) is 13.6. The lowest BCUT2D eigenvalue weighted by Gasteiger charge is -2.05. The molecule has 0 spiro atoms. The van der Waals surface area contributed by atoms with Gasteiger partial charge < -0.3 is 10.6 Å². The molecule has 4 nitrogen and oxygen atoms in total. The van der Waals surface area contributed by atoms with Crippen molar-refractivity contribution >= 4 is 35.2 Å². The van der Waals surface area contributed by atoms with Crippen molar-refractivity contribution in [2.24, 2.45) is 0 Å². The van der Waals surface area contributed by atoms with Crippen LogP contribution in [0.4, 0.5) is 10.5 Å². The molecule has 5 heteroatoms. The first-order valence-electron chi connectivity index (χ1n) is 6.65. The van der Waals surface area contributed by atoms with E-state index in [0.29, 0.717) is 16.3 Å². The number of hydrogen-bond acceptors (Lipinski definition) is 2. The summed E-state index contributed by atoms with van der Waals surface area (Å²) in [5, 5.41) is 5.93. The van der Waals surface area contributed by atoms with Crippen LogP contribution in [0.25, 0.3) is 6.08 Å². The minimum absolute atomic E-state index is 0.0121. The number of anilines is 1. The number of urea groups is 1. The zero-order chi connectivity index (χ0) is 15.9. The van der Waals surface area contributed by atoms with Gasteiger partial charge in [-0.3, -0.25) is 4.79 Å². The Morgan fingerprint density at radius 1 is 1.00 bits per heavy atom. The molecular formula is C17H15ClN2O2. The fourth-order valence-corrected chi connectivity index (χ4v) is 1.87. The van der Waals surface area contributed by atoms with Gasteiger partial charge in [-0.25, -0.2) is 4.79 Å². The van der Waals surface area contributed by atoms with Gasteiger partial charge in [0.25, 0.3) is 0 Å². The maximum atomic E-state index is 11.7. The van der Waals surface area contributed by atoms with Gasteiger partial charge in [0.2, 0.25) is 0 Å². The highest BCUT2D eigenvalue weighted by Crippen LogP contribution is 2.11. The highest BCUT2D eigenvalue weighted by molar-refractivity contribution is 6.30. The number of hydrogen-bond donors (Lipinski definition) is 2. The number of carbonyl (C=O) groups is 2. The van der Waals surface area contributed by atoms with E-state index in [9.17, 15) is 9.59 Å². The molecule has 112 valence electrons. The summed E-state index contributed by atoms with van der Waals surface area (Å²) in [5.74, 6) is -0.0121. The van der Waals surface area contributed by atoms with Crippen LogP contribution in [0.1, 0.15) is 22.8 Å². The van der Waals surface area contributed by atoms with Crippen LogP contribution in [-0.2, 0) is 0 Å². The van der Waals surface area contributed by atoms with E-state index in [1.807, 2.05) is 12.1 Å². The molecule has 0 saturated carbocycles. The molecule has 0 saturated heterocycles. The molecule has 0 aliphatic carbocycles. The largest absolute Gasteiger partial charge is 0.323 e. The fraction of sp³-hybridized carbons (Fsp3) is 0.0588. The van der Waals surface area contributed by atoms with E-state index < -0.39 is 0 Å². The molecule has 0 heterocycles. The molecule has 0 unspecified atom stereocenters. The predicted molar refractivity (Wildman–Crippen MR) is 89.1 cm³/mol. The van der Waals surface area contributed by atoms with Crippen molar-refractivity contribution in [3.63, 3.8) is 0 Å². The van der Waals surface area contributed by atoms with Gasteiger partial charge in [-0.1, -0.05) is 23.7 Å². The van der Waals surface area contributed by atoms with Crippen molar-refractivity contribution in [2.45, 2.75) is 6.92 Å². The summed E-state index contributed by atoms with van der Waals surface area (Å²) in [6.45, 7) is 1.50. The van der Waals surface area contributed by atoms with Crippen LogP contribution in [0.3, 0.4) is 0 Å². The van der Waals surface area contributed by atoms with Gasteiger partial charge in [0.15, 0.2) is 5.78 Å². The number of nitrogens with one attached hydrogen (secondary N) is 2.